The first kappa shape index (κ1) is 49.0. The van der Waals surface area contributed by atoms with Crippen LogP contribution in [-0.4, -0.2) is 130 Å². The molecule has 0 spiro atoms. The minimum Gasteiger partial charge on any atom is -0.455 e. The molecule has 8 rings (SSSR count). The van der Waals surface area contributed by atoms with Gasteiger partial charge in [0.1, 0.15) is 30.7 Å². The van der Waals surface area contributed by atoms with Crippen molar-refractivity contribution in [2.75, 3.05) is 31.0 Å². The summed E-state index contributed by atoms with van der Waals surface area (Å²) < 4.78 is 45.0. The molecule has 0 bridgehead atoms. The normalized spacial score (nSPS) is 23.3. The molecule has 6 heterocycles. The number of nitrogens with zero attached hydrogens (tertiary/aromatic N) is 7. The summed E-state index contributed by atoms with van der Waals surface area (Å²) in [5, 5.41) is 15.8. The van der Waals surface area contributed by atoms with E-state index in [1.165, 1.54) is 35.2 Å². The average molecular weight is 991 g/mol. The Kier molecular flexibility index (Phi) is 14.7. The predicted molar refractivity (Wildman–Crippen MR) is 245 cm³/mol. The molecule has 2 saturated heterocycles. The molecule has 0 saturated carbocycles. The fraction of sp³-hybridized carbons (Fsp3) is 0.395. The van der Waals surface area contributed by atoms with Crippen molar-refractivity contribution in [3.63, 3.8) is 0 Å². The van der Waals surface area contributed by atoms with E-state index in [0.717, 1.165) is 0 Å². The van der Waals surface area contributed by atoms with Crippen molar-refractivity contribution in [1.82, 2.24) is 39.0 Å². The van der Waals surface area contributed by atoms with Crippen LogP contribution in [0.2, 0.25) is 0 Å². The number of methoxy groups -OCH3 is 1. The number of benzene rings is 2. The molecule has 2 fully saturated rings. The largest absolute Gasteiger partial charge is 0.455 e. The Morgan fingerprint density at radius 1 is 0.768 bits per heavy atom. The number of aromatic nitrogens is 8. The van der Waals surface area contributed by atoms with Gasteiger partial charge in [-0.25, -0.2) is 19.9 Å². The zero-order valence-electron chi connectivity index (χ0n) is 37.5. The number of anilines is 2. The van der Waals surface area contributed by atoms with Crippen LogP contribution in [0.15, 0.2) is 84.4 Å². The number of hydrogen-bond acceptors (Lipinski definition) is 19. The number of rotatable bonds is 17. The third-order valence-electron chi connectivity index (χ3n) is 11.0. The van der Waals surface area contributed by atoms with E-state index < -0.39 is 110 Å². The third kappa shape index (κ3) is 10.5. The lowest BCUT2D eigenvalue weighted by Gasteiger charge is -2.28. The number of amides is 2. The number of aliphatic hydroxyl groups is 1. The molecule has 2 aromatic carbocycles. The smallest absolute Gasteiger partial charge is 0.325 e. The molecule has 26 heteroatoms. The highest BCUT2D eigenvalue weighted by Gasteiger charge is 2.53. The Hall–Kier alpha value is -6.41. The second-order valence-electron chi connectivity index (χ2n) is 16.4. The van der Waals surface area contributed by atoms with Crippen LogP contribution in [0.3, 0.4) is 0 Å². The van der Waals surface area contributed by atoms with Crippen LogP contribution in [0.4, 0.5) is 11.8 Å². The molecule has 24 nitrogen and oxygen atoms in total. The van der Waals surface area contributed by atoms with E-state index in [2.05, 4.69) is 40.5 Å². The van der Waals surface area contributed by atoms with E-state index in [4.69, 9.17) is 44.5 Å². The Bertz CT molecular complexity index is 2960. The summed E-state index contributed by atoms with van der Waals surface area (Å²) in [5.74, 6) is -3.87. The van der Waals surface area contributed by atoms with Gasteiger partial charge in [0, 0.05) is 18.2 Å². The number of ether oxygens (including phenoxy) is 5. The van der Waals surface area contributed by atoms with Crippen LogP contribution in [-0.2, 0) is 54.1 Å². The number of H-pyrrole nitrogens is 1. The van der Waals surface area contributed by atoms with E-state index in [0.29, 0.717) is 5.56 Å². The van der Waals surface area contributed by atoms with Crippen LogP contribution in [0.5, 0.6) is 0 Å². The van der Waals surface area contributed by atoms with Gasteiger partial charge in [-0.05, 0) is 36.1 Å². The van der Waals surface area contributed by atoms with E-state index in [9.17, 15) is 34.0 Å². The topological polar surface area (TPSA) is 305 Å². The molecule has 4 aromatic heterocycles. The molecule has 5 N–H and O–H groups in total. The molecule has 69 heavy (non-hydrogen) atoms. The number of aromatic amines is 1. The first-order valence-corrected chi connectivity index (χ1v) is 24.0. The lowest BCUT2D eigenvalue weighted by atomic mass is 10.1. The Morgan fingerprint density at radius 2 is 1.33 bits per heavy atom. The maximum atomic E-state index is 13.3. The van der Waals surface area contributed by atoms with Crippen molar-refractivity contribution >= 4 is 76.4 Å². The van der Waals surface area contributed by atoms with E-state index >= 15 is 0 Å². The molecule has 2 amide bonds. The van der Waals surface area contributed by atoms with Crippen molar-refractivity contribution in [3.8, 4) is 0 Å². The Morgan fingerprint density at radius 3 is 1.94 bits per heavy atom. The minimum atomic E-state index is -4.39. The molecular weight excluding hydrogens is 944 g/mol. The van der Waals surface area contributed by atoms with Gasteiger partial charge in [-0.1, -0.05) is 64.1 Å². The minimum absolute atomic E-state index is 0.106. The number of carbonyl (C=O) groups is 4. The average Bonchev–Trinajstić information content (AvgIpc) is 4.12. The van der Waals surface area contributed by atoms with Gasteiger partial charge in [-0.3, -0.25) is 47.9 Å². The summed E-state index contributed by atoms with van der Waals surface area (Å²) in [6, 6.07) is 16.7. The first-order valence-electron chi connectivity index (χ1n) is 21.5. The molecule has 0 aliphatic carbocycles. The van der Waals surface area contributed by atoms with Crippen LogP contribution >= 0.6 is 6.72 Å². The van der Waals surface area contributed by atoms with E-state index in [1.54, 1.807) is 88.4 Å². The van der Waals surface area contributed by atoms with Gasteiger partial charge < -0.3 is 43.5 Å². The quantitative estimate of drug-likeness (QED) is 0.0648. The number of fused-ring (bicyclic) bond motifs is 2. The molecule has 6 aromatic rings. The summed E-state index contributed by atoms with van der Waals surface area (Å²) in [7, 11) is 1.35. The predicted octanol–water partition coefficient (Wildman–Crippen LogP) is 3.02. The molecule has 0 radical (unpaired) electrons. The monoisotopic (exact) mass is 990 g/mol. The van der Waals surface area contributed by atoms with Crippen LogP contribution in [0.1, 0.15) is 60.9 Å². The molecule has 0 unspecified atom stereocenters. The van der Waals surface area contributed by atoms with Crippen LogP contribution in [0.25, 0.3) is 22.3 Å². The van der Waals surface area contributed by atoms with Crippen molar-refractivity contribution in [2.45, 2.75) is 76.8 Å². The zero-order valence-corrected chi connectivity index (χ0v) is 39.2. The van der Waals surface area contributed by atoms with Gasteiger partial charge in [0.2, 0.25) is 5.95 Å². The third-order valence-corrected chi connectivity index (χ3v) is 12.6. The second-order valence-corrected chi connectivity index (χ2v) is 19.2. The lowest BCUT2D eigenvalue weighted by molar-refractivity contribution is -0.172. The number of esters is 2. The molecule has 2 aliphatic heterocycles. The standard InChI is InChI=1S/C43H47N10O14PS/c1-21(2)41(58)65-29-26(64-40(32(29)66-42(59)22(3)4)53-20-47-28-35(53)49-43(51-38(28)57)50-37(56)24-14-10-7-11-15-24)17-62-68(60,69)67-30-25(16-54)63-39(31(30)61-5)52-19-46-27-33(44-18-45-34(27)52)48-36(55)23-12-8-6-9-13-23/h6-15,18-22,25-26,29-32,39-40,54H,16-17H2,1-5H3,(H,60,69)(H,44,45,48,55)(H2,49,50,51,56,57)/t25-,26-,29-,30-,31-,32-,39-,40-,68-/m1/s1. The highest BCUT2D eigenvalue weighted by atomic mass is 32.5. The molecule has 9 atom stereocenters. The molecule has 2 aliphatic rings. The lowest BCUT2D eigenvalue weighted by Crippen LogP contribution is -2.42. The number of aliphatic hydroxyl groups excluding tert-OH is 1. The van der Waals surface area contributed by atoms with Gasteiger partial charge >= 0.3 is 18.7 Å². The summed E-state index contributed by atoms with van der Waals surface area (Å²) in [6.07, 6.45) is -6.40. The van der Waals surface area contributed by atoms with E-state index in [1.807, 2.05) is 0 Å². The van der Waals surface area contributed by atoms with Gasteiger partial charge in [0.25, 0.3) is 17.4 Å². The van der Waals surface area contributed by atoms with Crippen LogP contribution in [0, 0.1) is 11.8 Å². The van der Waals surface area contributed by atoms with Gasteiger partial charge in [0.05, 0.1) is 37.7 Å². The first-order chi connectivity index (χ1) is 33.1. The highest BCUT2D eigenvalue weighted by Crippen LogP contribution is 2.50. The van der Waals surface area contributed by atoms with Crippen molar-refractivity contribution < 1.29 is 61.9 Å². The molecular formula is C43H47N10O14PS. The fourth-order valence-electron chi connectivity index (χ4n) is 7.52. The summed E-state index contributed by atoms with van der Waals surface area (Å²) in [6.45, 7) is 0.704. The Labute approximate surface area is 396 Å². The van der Waals surface area contributed by atoms with Gasteiger partial charge in [-0.15, -0.1) is 0 Å². The maximum Gasteiger partial charge on any atom is 0.325 e. The maximum absolute atomic E-state index is 13.3. The zero-order chi connectivity index (χ0) is 49.1. The van der Waals surface area contributed by atoms with Gasteiger partial charge in [0.15, 0.2) is 52.8 Å². The van der Waals surface area contributed by atoms with Crippen molar-refractivity contribution in [1.29, 1.82) is 0 Å². The number of hydrogen-bond donors (Lipinski definition) is 5. The summed E-state index contributed by atoms with van der Waals surface area (Å²) in [4.78, 5) is 102. The second kappa shape index (κ2) is 20.7. The highest BCUT2D eigenvalue weighted by molar-refractivity contribution is 8.07. The van der Waals surface area contributed by atoms with Crippen LogP contribution < -0.4 is 16.2 Å². The fourth-order valence-corrected chi connectivity index (χ4v) is 8.96. The number of carbonyl (C=O) groups excluding carboxylic acids is 4. The SMILES string of the molecule is CO[C@@H]1[C@H](O[P@](O)(=S)OC[C@H]2O[C@@H](n3cnc4c(=O)[nH]c(NC(=O)c5ccccc5)nc43)[C@H](OC(=O)C(C)C)[C@@H]2OC(=O)C(C)C)[C@@H](CO)O[C@H]1n1cnc2c(NC(=O)c3ccccc3)ncnc21. The molecule has 364 valence electrons. The van der Waals surface area contributed by atoms with Crippen molar-refractivity contribution in [2.24, 2.45) is 11.8 Å². The summed E-state index contributed by atoms with van der Waals surface area (Å²) in [5.41, 5.74) is 0.102. The van der Waals surface area contributed by atoms with E-state index in [-0.39, 0.29) is 39.7 Å². The van der Waals surface area contributed by atoms with Crippen molar-refractivity contribution in [3.05, 3.63) is 101 Å². The number of nitrogens with one attached hydrogen (secondary N) is 3. The Balaban J connectivity index is 1.05. The summed E-state index contributed by atoms with van der Waals surface area (Å²) >= 11 is 5.50. The van der Waals surface area contributed by atoms with Gasteiger partial charge in [-0.2, -0.15) is 4.98 Å². The number of imidazole rings is 2.